The zero-order chi connectivity index (χ0) is 9.26. The van der Waals surface area contributed by atoms with Crippen molar-refractivity contribution in [2.75, 3.05) is 11.9 Å². The van der Waals surface area contributed by atoms with E-state index in [0.717, 1.165) is 17.6 Å². The SMILES string of the molecule is CC1CNc2ccc(Br)cc2CN1. The summed E-state index contributed by atoms with van der Waals surface area (Å²) in [5.74, 6) is 0. The molecule has 1 atom stereocenters. The number of rotatable bonds is 0. The van der Waals surface area contributed by atoms with Crippen LogP contribution in [0, 0.1) is 0 Å². The number of hydrogen-bond donors (Lipinski definition) is 2. The Morgan fingerprint density at radius 3 is 3.15 bits per heavy atom. The van der Waals surface area contributed by atoms with Crippen LogP contribution in [-0.2, 0) is 6.54 Å². The lowest BCUT2D eigenvalue weighted by Crippen LogP contribution is -2.29. The zero-order valence-electron chi connectivity index (χ0n) is 7.60. The maximum Gasteiger partial charge on any atom is 0.0387 e. The molecule has 1 aromatic carbocycles. The molecule has 1 aromatic rings. The predicted octanol–water partition coefficient (Wildman–Crippen LogP) is 2.35. The fourth-order valence-corrected chi connectivity index (χ4v) is 1.91. The summed E-state index contributed by atoms with van der Waals surface area (Å²) in [5, 5.41) is 6.86. The predicted molar refractivity (Wildman–Crippen MR) is 58.9 cm³/mol. The minimum Gasteiger partial charge on any atom is -0.383 e. The van der Waals surface area contributed by atoms with Crippen LogP contribution in [0.3, 0.4) is 0 Å². The quantitative estimate of drug-likeness (QED) is 0.728. The van der Waals surface area contributed by atoms with Crippen molar-refractivity contribution in [3.8, 4) is 0 Å². The van der Waals surface area contributed by atoms with E-state index in [1.54, 1.807) is 0 Å². The summed E-state index contributed by atoms with van der Waals surface area (Å²) in [5.41, 5.74) is 2.58. The van der Waals surface area contributed by atoms with E-state index in [0.29, 0.717) is 6.04 Å². The van der Waals surface area contributed by atoms with Gasteiger partial charge in [0.2, 0.25) is 0 Å². The van der Waals surface area contributed by atoms with E-state index in [9.17, 15) is 0 Å². The largest absolute Gasteiger partial charge is 0.383 e. The van der Waals surface area contributed by atoms with Crippen molar-refractivity contribution in [3.63, 3.8) is 0 Å². The highest BCUT2D eigenvalue weighted by atomic mass is 79.9. The number of fused-ring (bicyclic) bond motifs is 1. The number of benzene rings is 1. The van der Waals surface area contributed by atoms with E-state index >= 15 is 0 Å². The highest BCUT2D eigenvalue weighted by Crippen LogP contribution is 2.22. The monoisotopic (exact) mass is 240 g/mol. The van der Waals surface area contributed by atoms with Gasteiger partial charge in [0.05, 0.1) is 0 Å². The van der Waals surface area contributed by atoms with Gasteiger partial charge in [0.15, 0.2) is 0 Å². The van der Waals surface area contributed by atoms with E-state index in [4.69, 9.17) is 0 Å². The molecule has 13 heavy (non-hydrogen) atoms. The maximum absolute atomic E-state index is 3.48. The number of nitrogens with one attached hydrogen (secondary N) is 2. The van der Waals surface area contributed by atoms with Gasteiger partial charge in [0.1, 0.15) is 0 Å². The third-order valence-electron chi connectivity index (χ3n) is 2.31. The van der Waals surface area contributed by atoms with Gasteiger partial charge in [-0.15, -0.1) is 0 Å². The Morgan fingerprint density at radius 2 is 2.31 bits per heavy atom. The summed E-state index contributed by atoms with van der Waals surface area (Å²) in [6, 6.07) is 6.89. The van der Waals surface area contributed by atoms with Crippen LogP contribution in [0.25, 0.3) is 0 Å². The van der Waals surface area contributed by atoms with Crippen LogP contribution < -0.4 is 10.6 Å². The van der Waals surface area contributed by atoms with Gasteiger partial charge in [-0.2, -0.15) is 0 Å². The summed E-state index contributed by atoms with van der Waals surface area (Å²) in [7, 11) is 0. The van der Waals surface area contributed by atoms with Gasteiger partial charge in [-0.1, -0.05) is 15.9 Å². The maximum atomic E-state index is 3.48. The second-order valence-electron chi connectivity index (χ2n) is 3.46. The molecular weight excluding hydrogens is 228 g/mol. The van der Waals surface area contributed by atoms with Gasteiger partial charge in [0, 0.05) is 29.3 Å². The van der Waals surface area contributed by atoms with Crippen LogP contribution in [0.2, 0.25) is 0 Å². The van der Waals surface area contributed by atoms with Crippen molar-refractivity contribution in [2.45, 2.75) is 19.5 Å². The highest BCUT2D eigenvalue weighted by molar-refractivity contribution is 9.10. The molecule has 2 N–H and O–H groups in total. The number of hydrogen-bond acceptors (Lipinski definition) is 2. The normalized spacial score (nSPS) is 21.5. The Bertz CT molecular complexity index is 312. The molecule has 3 heteroatoms. The van der Waals surface area contributed by atoms with Crippen LogP contribution in [-0.4, -0.2) is 12.6 Å². The molecule has 0 aromatic heterocycles. The molecule has 1 heterocycles. The summed E-state index contributed by atoms with van der Waals surface area (Å²) < 4.78 is 1.14. The molecule has 0 bridgehead atoms. The van der Waals surface area contributed by atoms with Gasteiger partial charge in [-0.05, 0) is 30.7 Å². The molecule has 70 valence electrons. The lowest BCUT2D eigenvalue weighted by molar-refractivity contribution is 0.581. The van der Waals surface area contributed by atoms with Gasteiger partial charge in [0.25, 0.3) is 0 Å². The second kappa shape index (κ2) is 3.68. The van der Waals surface area contributed by atoms with Crippen molar-refractivity contribution in [1.29, 1.82) is 0 Å². The first kappa shape index (κ1) is 9.03. The molecule has 0 amide bonds. The van der Waals surface area contributed by atoms with Crippen LogP contribution >= 0.6 is 15.9 Å². The van der Waals surface area contributed by atoms with Crippen LogP contribution in [0.1, 0.15) is 12.5 Å². The van der Waals surface area contributed by atoms with E-state index < -0.39 is 0 Å². The van der Waals surface area contributed by atoms with Crippen LogP contribution in [0.5, 0.6) is 0 Å². The standard InChI is InChI=1S/C10H13BrN2/c1-7-5-13-10-3-2-9(11)4-8(10)6-12-7/h2-4,7,12-13H,5-6H2,1H3. The van der Waals surface area contributed by atoms with Gasteiger partial charge >= 0.3 is 0 Å². The molecule has 1 unspecified atom stereocenters. The highest BCUT2D eigenvalue weighted by Gasteiger charge is 2.10. The summed E-state index contributed by atoms with van der Waals surface area (Å²) >= 11 is 3.48. The third-order valence-corrected chi connectivity index (χ3v) is 2.80. The Balaban J connectivity index is 2.30. The Labute approximate surface area is 86.9 Å². The molecule has 0 radical (unpaired) electrons. The average molecular weight is 241 g/mol. The fourth-order valence-electron chi connectivity index (χ4n) is 1.50. The van der Waals surface area contributed by atoms with Crippen molar-refractivity contribution < 1.29 is 0 Å². The molecule has 1 aliphatic rings. The first-order valence-electron chi connectivity index (χ1n) is 4.51. The van der Waals surface area contributed by atoms with E-state index in [1.807, 2.05) is 0 Å². The molecule has 0 saturated heterocycles. The molecule has 2 rings (SSSR count). The van der Waals surface area contributed by atoms with Crippen molar-refractivity contribution in [3.05, 3.63) is 28.2 Å². The van der Waals surface area contributed by atoms with Crippen molar-refractivity contribution in [2.24, 2.45) is 0 Å². The lowest BCUT2D eigenvalue weighted by atomic mass is 10.2. The summed E-state index contributed by atoms with van der Waals surface area (Å²) in [4.78, 5) is 0. The molecule has 1 aliphatic heterocycles. The van der Waals surface area contributed by atoms with Crippen molar-refractivity contribution in [1.82, 2.24) is 5.32 Å². The first-order valence-corrected chi connectivity index (χ1v) is 5.30. The Kier molecular flexibility index (Phi) is 2.56. The third kappa shape index (κ3) is 2.03. The van der Waals surface area contributed by atoms with Crippen LogP contribution in [0.4, 0.5) is 5.69 Å². The van der Waals surface area contributed by atoms with Gasteiger partial charge in [-0.25, -0.2) is 0 Å². The molecule has 0 fully saturated rings. The Morgan fingerprint density at radius 1 is 1.46 bits per heavy atom. The van der Waals surface area contributed by atoms with Gasteiger partial charge < -0.3 is 10.6 Å². The van der Waals surface area contributed by atoms with Crippen molar-refractivity contribution >= 4 is 21.6 Å². The Hall–Kier alpha value is -0.540. The summed E-state index contributed by atoms with van der Waals surface area (Å²) in [6.45, 7) is 4.13. The van der Waals surface area contributed by atoms with E-state index in [1.165, 1.54) is 11.3 Å². The topological polar surface area (TPSA) is 24.1 Å². The first-order chi connectivity index (χ1) is 6.25. The minimum absolute atomic E-state index is 0.533. The van der Waals surface area contributed by atoms with E-state index in [2.05, 4.69) is 51.7 Å². The molecule has 0 aliphatic carbocycles. The fraction of sp³-hybridized carbons (Fsp3) is 0.400. The smallest absolute Gasteiger partial charge is 0.0387 e. The number of halogens is 1. The number of anilines is 1. The molecule has 2 nitrogen and oxygen atoms in total. The molecule has 0 saturated carbocycles. The minimum atomic E-state index is 0.533. The summed E-state index contributed by atoms with van der Waals surface area (Å²) in [6.07, 6.45) is 0. The molecular formula is C10H13BrN2. The molecule has 0 spiro atoms. The zero-order valence-corrected chi connectivity index (χ0v) is 9.19. The van der Waals surface area contributed by atoms with E-state index in [-0.39, 0.29) is 0 Å². The second-order valence-corrected chi connectivity index (χ2v) is 4.38. The van der Waals surface area contributed by atoms with Gasteiger partial charge in [-0.3, -0.25) is 0 Å². The van der Waals surface area contributed by atoms with Crippen LogP contribution in [0.15, 0.2) is 22.7 Å². The average Bonchev–Trinajstić information content (AvgIpc) is 2.29. The lowest BCUT2D eigenvalue weighted by Gasteiger charge is -2.08.